The first-order valence-corrected chi connectivity index (χ1v) is 16.0. The largest absolute Gasteiger partial charge is 0.368 e. The standard InChI is InChI=1S/C35H32N8O2S/c1-24(44)41-16-18-42(19-17-41)29-12-10-27(11-13-29)38-34-36-15-14-30(39-34)33-32(40-35-43(33)20-21-46-35)26-8-5-9-28(23-26)37-31(45)22-25-6-3-2-4-7-25/h2-15,20-21,23H,16-19,22H2,1H3,(H,37,45)(H,36,38,39). The molecule has 1 aliphatic heterocycles. The van der Waals surface area contributed by atoms with Gasteiger partial charge in [-0.25, -0.2) is 15.0 Å². The minimum Gasteiger partial charge on any atom is -0.368 e. The van der Waals surface area contributed by atoms with Crippen LogP contribution in [0, 0.1) is 0 Å². The average Bonchev–Trinajstić information content (AvgIpc) is 3.68. The summed E-state index contributed by atoms with van der Waals surface area (Å²) in [4.78, 5) is 43.8. The van der Waals surface area contributed by atoms with Crippen LogP contribution in [0.3, 0.4) is 0 Å². The monoisotopic (exact) mass is 628 g/mol. The quantitative estimate of drug-likeness (QED) is 0.209. The normalized spacial score (nSPS) is 13.2. The predicted octanol–water partition coefficient (Wildman–Crippen LogP) is 6.11. The molecule has 0 aliphatic carbocycles. The van der Waals surface area contributed by atoms with Gasteiger partial charge in [-0.05, 0) is 48.0 Å². The van der Waals surface area contributed by atoms with Crippen molar-refractivity contribution in [1.82, 2.24) is 24.3 Å². The van der Waals surface area contributed by atoms with E-state index < -0.39 is 0 Å². The van der Waals surface area contributed by atoms with Crippen molar-refractivity contribution >= 4 is 51.1 Å². The van der Waals surface area contributed by atoms with E-state index in [2.05, 4.69) is 32.7 Å². The Kier molecular flexibility index (Phi) is 8.13. The van der Waals surface area contributed by atoms with E-state index in [-0.39, 0.29) is 11.8 Å². The molecule has 0 spiro atoms. The maximum absolute atomic E-state index is 12.8. The number of amides is 2. The Morgan fingerprint density at radius 1 is 0.870 bits per heavy atom. The maximum Gasteiger partial charge on any atom is 0.228 e. The highest BCUT2D eigenvalue weighted by atomic mass is 32.1. The summed E-state index contributed by atoms with van der Waals surface area (Å²) in [7, 11) is 0. The van der Waals surface area contributed by atoms with Crippen molar-refractivity contribution < 1.29 is 9.59 Å². The van der Waals surface area contributed by atoms with Gasteiger partial charge in [-0.2, -0.15) is 0 Å². The Labute approximate surface area is 270 Å². The number of aromatic nitrogens is 4. The highest BCUT2D eigenvalue weighted by molar-refractivity contribution is 7.15. The SMILES string of the molecule is CC(=O)N1CCN(c2ccc(Nc3nccc(-c4c(-c5cccc(NC(=O)Cc6ccccc6)c5)nc5sccn45)n3)cc2)CC1. The van der Waals surface area contributed by atoms with E-state index in [1.807, 2.05) is 93.7 Å². The Balaban J connectivity index is 1.11. The van der Waals surface area contributed by atoms with Crippen LogP contribution in [0.5, 0.6) is 0 Å². The number of benzene rings is 3. The molecule has 11 heteroatoms. The molecule has 0 bridgehead atoms. The lowest BCUT2D eigenvalue weighted by Gasteiger charge is -2.35. The maximum atomic E-state index is 12.8. The predicted molar refractivity (Wildman–Crippen MR) is 182 cm³/mol. The molecule has 46 heavy (non-hydrogen) atoms. The van der Waals surface area contributed by atoms with E-state index in [1.165, 1.54) is 0 Å². The van der Waals surface area contributed by atoms with Crippen LogP contribution >= 0.6 is 11.3 Å². The van der Waals surface area contributed by atoms with Crippen LogP contribution in [0.1, 0.15) is 12.5 Å². The lowest BCUT2D eigenvalue weighted by Crippen LogP contribution is -2.48. The first-order valence-electron chi connectivity index (χ1n) is 15.1. The molecule has 0 saturated carbocycles. The molecule has 3 aromatic heterocycles. The van der Waals surface area contributed by atoms with Gasteiger partial charge in [0, 0.05) is 73.5 Å². The highest BCUT2D eigenvalue weighted by Gasteiger charge is 2.20. The van der Waals surface area contributed by atoms with Gasteiger partial charge in [0.2, 0.25) is 17.8 Å². The average molecular weight is 629 g/mol. The third kappa shape index (κ3) is 6.31. The van der Waals surface area contributed by atoms with Crippen LogP contribution in [0.2, 0.25) is 0 Å². The summed E-state index contributed by atoms with van der Waals surface area (Å²) < 4.78 is 2.04. The zero-order valence-electron chi connectivity index (χ0n) is 25.3. The summed E-state index contributed by atoms with van der Waals surface area (Å²) in [5.74, 6) is 0.517. The highest BCUT2D eigenvalue weighted by Crippen LogP contribution is 2.35. The van der Waals surface area contributed by atoms with Gasteiger partial charge in [0.25, 0.3) is 0 Å². The summed E-state index contributed by atoms with van der Waals surface area (Å²) in [6, 6.07) is 27.5. The lowest BCUT2D eigenvalue weighted by molar-refractivity contribution is -0.129. The molecule has 0 atom stereocenters. The van der Waals surface area contributed by atoms with Crippen molar-refractivity contribution in [1.29, 1.82) is 0 Å². The zero-order chi connectivity index (χ0) is 31.5. The van der Waals surface area contributed by atoms with Crippen molar-refractivity contribution in [2.75, 3.05) is 41.7 Å². The number of hydrogen-bond acceptors (Lipinski definition) is 8. The molecule has 6 aromatic rings. The van der Waals surface area contributed by atoms with Crippen molar-refractivity contribution in [3.63, 3.8) is 0 Å². The number of piperazine rings is 1. The zero-order valence-corrected chi connectivity index (χ0v) is 26.1. The van der Waals surface area contributed by atoms with E-state index in [1.54, 1.807) is 24.5 Å². The lowest BCUT2D eigenvalue weighted by atomic mass is 10.1. The van der Waals surface area contributed by atoms with Gasteiger partial charge in [-0.1, -0.05) is 42.5 Å². The molecule has 10 nitrogen and oxygen atoms in total. The molecular weight excluding hydrogens is 597 g/mol. The van der Waals surface area contributed by atoms with Crippen LogP contribution in [0.25, 0.3) is 27.6 Å². The van der Waals surface area contributed by atoms with Crippen LogP contribution in [-0.4, -0.2) is 62.2 Å². The van der Waals surface area contributed by atoms with Gasteiger partial charge in [-0.3, -0.25) is 14.0 Å². The Hall–Kier alpha value is -5.55. The Bertz CT molecular complexity index is 2000. The molecular formula is C35H32N8O2S. The van der Waals surface area contributed by atoms with Gasteiger partial charge >= 0.3 is 0 Å². The number of fused-ring (bicyclic) bond motifs is 1. The van der Waals surface area contributed by atoms with Crippen molar-refractivity contribution in [2.24, 2.45) is 0 Å². The molecule has 7 rings (SSSR count). The summed E-state index contributed by atoms with van der Waals surface area (Å²) in [5, 5.41) is 8.37. The fourth-order valence-corrected chi connectivity index (χ4v) is 6.39. The number of hydrogen-bond donors (Lipinski definition) is 2. The van der Waals surface area contributed by atoms with E-state index in [0.717, 1.165) is 70.7 Å². The number of nitrogens with zero attached hydrogens (tertiary/aromatic N) is 6. The molecule has 2 N–H and O–H groups in total. The van der Waals surface area contributed by atoms with Crippen molar-refractivity contribution in [3.05, 3.63) is 108 Å². The number of anilines is 4. The van der Waals surface area contributed by atoms with E-state index in [0.29, 0.717) is 18.1 Å². The van der Waals surface area contributed by atoms with Crippen LogP contribution in [0.15, 0.2) is 103 Å². The third-order valence-corrected chi connectivity index (χ3v) is 8.76. The van der Waals surface area contributed by atoms with Crippen LogP contribution in [0.4, 0.5) is 23.0 Å². The number of thiazole rings is 1. The molecule has 230 valence electrons. The van der Waals surface area contributed by atoms with Crippen molar-refractivity contribution in [2.45, 2.75) is 13.3 Å². The molecule has 2 amide bonds. The molecule has 1 fully saturated rings. The van der Waals surface area contributed by atoms with Gasteiger partial charge in [0.1, 0.15) is 5.69 Å². The van der Waals surface area contributed by atoms with Gasteiger partial charge in [0.05, 0.1) is 17.8 Å². The number of carbonyl (C=O) groups excluding carboxylic acids is 2. The number of nitrogens with one attached hydrogen (secondary N) is 2. The summed E-state index contributed by atoms with van der Waals surface area (Å²) >= 11 is 1.55. The first-order chi connectivity index (χ1) is 22.5. The Morgan fingerprint density at radius 2 is 1.67 bits per heavy atom. The smallest absolute Gasteiger partial charge is 0.228 e. The van der Waals surface area contributed by atoms with E-state index in [4.69, 9.17) is 9.97 Å². The number of imidazole rings is 1. The second-order valence-corrected chi connectivity index (χ2v) is 12.0. The van der Waals surface area contributed by atoms with Gasteiger partial charge in [0.15, 0.2) is 4.96 Å². The van der Waals surface area contributed by atoms with E-state index >= 15 is 0 Å². The summed E-state index contributed by atoms with van der Waals surface area (Å²) in [6.07, 6.45) is 4.03. The van der Waals surface area contributed by atoms with Crippen molar-refractivity contribution in [3.8, 4) is 22.6 Å². The molecule has 0 unspecified atom stereocenters. The minimum atomic E-state index is -0.0792. The molecule has 0 radical (unpaired) electrons. The number of rotatable bonds is 8. The Morgan fingerprint density at radius 3 is 2.46 bits per heavy atom. The third-order valence-electron chi connectivity index (χ3n) is 8.00. The minimum absolute atomic E-state index is 0.0792. The molecule has 1 saturated heterocycles. The van der Waals surface area contributed by atoms with Gasteiger partial charge < -0.3 is 20.4 Å². The summed E-state index contributed by atoms with van der Waals surface area (Å²) in [6.45, 7) is 4.71. The first kappa shape index (κ1) is 29.2. The topological polar surface area (TPSA) is 108 Å². The number of carbonyl (C=O) groups is 2. The van der Waals surface area contributed by atoms with Crippen LogP contribution < -0.4 is 15.5 Å². The second-order valence-electron chi connectivity index (χ2n) is 11.1. The molecule has 4 heterocycles. The van der Waals surface area contributed by atoms with Crippen LogP contribution in [-0.2, 0) is 16.0 Å². The summed E-state index contributed by atoms with van der Waals surface area (Å²) in [5.41, 5.74) is 6.85. The fourth-order valence-electron chi connectivity index (χ4n) is 5.68. The molecule has 3 aromatic carbocycles. The second kappa shape index (κ2) is 12.8. The fraction of sp³-hybridized carbons (Fsp3) is 0.171. The van der Waals surface area contributed by atoms with Gasteiger partial charge in [-0.15, -0.1) is 11.3 Å². The molecule has 1 aliphatic rings. The van der Waals surface area contributed by atoms with E-state index in [9.17, 15) is 9.59 Å².